The molecule has 0 saturated carbocycles. The lowest BCUT2D eigenvalue weighted by molar-refractivity contribution is -0.138. The van der Waals surface area contributed by atoms with E-state index in [2.05, 4.69) is 19.7 Å². The molecule has 1 aromatic carbocycles. The van der Waals surface area contributed by atoms with Crippen LogP contribution in [-0.2, 0) is 47.9 Å². The summed E-state index contributed by atoms with van der Waals surface area (Å²) in [4.78, 5) is 71.0. The van der Waals surface area contributed by atoms with Gasteiger partial charge in [-0.3, -0.25) is 0 Å². The summed E-state index contributed by atoms with van der Waals surface area (Å²) < 4.78 is 14.6. The highest BCUT2D eigenvalue weighted by molar-refractivity contribution is 6.05. The van der Waals surface area contributed by atoms with Gasteiger partial charge in [0.15, 0.2) is 0 Å². The first-order chi connectivity index (χ1) is 17.0. The lowest BCUT2D eigenvalue weighted by Crippen LogP contribution is -2.25. The fraction of sp³-hybridized carbons (Fsp3) is 0.250. The number of esters is 3. The molecule has 0 saturated heterocycles. The molecule has 0 heterocycles. The van der Waals surface area contributed by atoms with Crippen molar-refractivity contribution < 1.29 is 58.3 Å². The Labute approximate surface area is 205 Å². The van der Waals surface area contributed by atoms with E-state index in [0.29, 0.717) is 0 Å². The highest BCUT2D eigenvalue weighted by Crippen LogP contribution is 2.31. The number of carboxylic acids is 3. The first-order valence-corrected chi connectivity index (χ1v) is 10.3. The summed E-state index contributed by atoms with van der Waals surface area (Å²) in [6.07, 6.45) is 1.30. The van der Waals surface area contributed by atoms with Gasteiger partial charge < -0.3 is 29.5 Å². The van der Waals surface area contributed by atoms with Crippen LogP contribution in [0.5, 0.6) is 0 Å². The van der Waals surface area contributed by atoms with E-state index in [9.17, 15) is 44.1 Å². The highest BCUT2D eigenvalue weighted by atomic mass is 16.5. The van der Waals surface area contributed by atoms with Crippen LogP contribution in [0.1, 0.15) is 47.8 Å². The van der Waals surface area contributed by atoms with Crippen LogP contribution in [0.2, 0.25) is 0 Å². The van der Waals surface area contributed by atoms with Gasteiger partial charge in [-0.1, -0.05) is 19.7 Å². The number of benzene rings is 1. The van der Waals surface area contributed by atoms with E-state index in [-0.39, 0.29) is 16.7 Å². The van der Waals surface area contributed by atoms with Crippen molar-refractivity contribution in [2.45, 2.75) is 19.3 Å². The lowest BCUT2D eigenvalue weighted by Gasteiger charge is -2.22. The molecule has 3 N–H and O–H groups in total. The summed E-state index contributed by atoms with van der Waals surface area (Å²) in [6.45, 7) is 8.31. The molecule has 0 aliphatic carbocycles. The van der Waals surface area contributed by atoms with Crippen molar-refractivity contribution in [1.82, 2.24) is 0 Å². The number of carboxylic acid groups (broad SMARTS) is 3. The van der Waals surface area contributed by atoms with Gasteiger partial charge in [-0.15, -0.1) is 0 Å². The SMILES string of the molecule is C=CC(=O)OCCc1c(C(=O)O)c(CCOC(=O)C=C)c(C(=O)O)c(CCOC(=O)C=C)c1C(=O)O. The molecule has 0 aliphatic rings. The van der Waals surface area contributed by atoms with Crippen molar-refractivity contribution in [3.63, 3.8) is 0 Å². The number of carbonyl (C=O) groups excluding carboxylic acids is 3. The molecule has 1 aromatic rings. The summed E-state index contributed by atoms with van der Waals surface area (Å²) >= 11 is 0. The Morgan fingerprint density at radius 3 is 0.917 bits per heavy atom. The van der Waals surface area contributed by atoms with Crippen LogP contribution in [0, 0.1) is 0 Å². The molecule has 0 unspecified atom stereocenters. The smallest absolute Gasteiger partial charge is 0.336 e. The van der Waals surface area contributed by atoms with Crippen LogP contribution in [0.4, 0.5) is 0 Å². The molecular formula is C24H24O12. The molecule has 0 radical (unpaired) electrons. The predicted octanol–water partition coefficient (Wildman–Crippen LogP) is 1.60. The van der Waals surface area contributed by atoms with Gasteiger partial charge in [0.25, 0.3) is 0 Å². The number of aromatic carboxylic acids is 3. The fourth-order valence-electron chi connectivity index (χ4n) is 3.38. The quantitative estimate of drug-likeness (QED) is 0.178. The predicted molar refractivity (Wildman–Crippen MR) is 122 cm³/mol. The Balaban J connectivity index is 3.86. The van der Waals surface area contributed by atoms with Crippen molar-refractivity contribution >= 4 is 35.8 Å². The normalized spacial score (nSPS) is 10.0. The first-order valence-electron chi connectivity index (χ1n) is 10.3. The largest absolute Gasteiger partial charge is 0.478 e. The van der Waals surface area contributed by atoms with Gasteiger partial charge in [0.1, 0.15) is 0 Å². The van der Waals surface area contributed by atoms with Gasteiger partial charge in [0, 0.05) is 37.5 Å². The average Bonchev–Trinajstić information content (AvgIpc) is 2.82. The van der Waals surface area contributed by atoms with Gasteiger partial charge in [-0.2, -0.15) is 0 Å². The zero-order chi connectivity index (χ0) is 27.4. The third-order valence-electron chi connectivity index (χ3n) is 4.74. The van der Waals surface area contributed by atoms with E-state index in [1.807, 2.05) is 0 Å². The van der Waals surface area contributed by atoms with Crippen molar-refractivity contribution in [2.75, 3.05) is 19.8 Å². The van der Waals surface area contributed by atoms with E-state index in [0.717, 1.165) is 18.2 Å². The number of hydrogen-bond donors (Lipinski definition) is 3. The van der Waals surface area contributed by atoms with E-state index in [1.165, 1.54) is 0 Å². The molecule has 0 fully saturated rings. The van der Waals surface area contributed by atoms with Gasteiger partial charge in [0.05, 0.1) is 36.5 Å². The zero-order valence-corrected chi connectivity index (χ0v) is 19.1. The van der Waals surface area contributed by atoms with Crippen LogP contribution in [0.25, 0.3) is 0 Å². The molecule has 12 heteroatoms. The van der Waals surface area contributed by atoms with Crippen LogP contribution in [-0.4, -0.2) is 71.0 Å². The minimum absolute atomic E-state index is 0.327. The Bertz CT molecular complexity index is 953. The summed E-state index contributed by atoms with van der Waals surface area (Å²) in [6, 6.07) is 0. The first kappa shape index (κ1) is 29.3. The standard InChI is InChI=1S/C24H24O12/c1-4-16(25)34-10-7-13-19(22(28)29)14(8-11-35-17(26)5-2)21(24(32)33)15(20(13)23(30)31)9-12-36-18(27)6-3/h4-6H,1-3,7-12H2,(H,28,29)(H,30,31)(H,32,33). The molecule has 0 spiro atoms. The second-order valence-electron chi connectivity index (χ2n) is 6.84. The van der Waals surface area contributed by atoms with Crippen molar-refractivity contribution in [1.29, 1.82) is 0 Å². The average molecular weight is 504 g/mol. The fourth-order valence-corrected chi connectivity index (χ4v) is 3.38. The maximum atomic E-state index is 12.2. The maximum Gasteiger partial charge on any atom is 0.336 e. The van der Waals surface area contributed by atoms with Gasteiger partial charge in [-0.25, -0.2) is 28.8 Å². The van der Waals surface area contributed by atoms with Crippen LogP contribution in [0.3, 0.4) is 0 Å². The Morgan fingerprint density at radius 2 is 0.750 bits per heavy atom. The Morgan fingerprint density at radius 1 is 0.528 bits per heavy atom. The van der Waals surface area contributed by atoms with Crippen molar-refractivity contribution in [3.8, 4) is 0 Å². The van der Waals surface area contributed by atoms with Crippen LogP contribution >= 0.6 is 0 Å². The summed E-state index contributed by atoms with van der Waals surface area (Å²) in [7, 11) is 0. The van der Waals surface area contributed by atoms with E-state index >= 15 is 0 Å². The van der Waals surface area contributed by atoms with Gasteiger partial charge in [0.2, 0.25) is 0 Å². The van der Waals surface area contributed by atoms with Crippen LogP contribution < -0.4 is 0 Å². The van der Waals surface area contributed by atoms with Crippen molar-refractivity contribution in [2.24, 2.45) is 0 Å². The summed E-state index contributed by atoms with van der Waals surface area (Å²) in [5.74, 6) is -7.50. The molecular weight excluding hydrogens is 480 g/mol. The second-order valence-corrected chi connectivity index (χ2v) is 6.84. The summed E-state index contributed by atoms with van der Waals surface area (Å²) in [5.41, 5.74) is -2.94. The minimum atomic E-state index is -1.65. The molecule has 0 aliphatic heterocycles. The Hall–Kier alpha value is -4.74. The monoisotopic (exact) mass is 504 g/mol. The maximum absolute atomic E-state index is 12.2. The molecule has 1 rings (SSSR count). The lowest BCUT2D eigenvalue weighted by atomic mass is 9.83. The highest BCUT2D eigenvalue weighted by Gasteiger charge is 2.32. The molecule has 36 heavy (non-hydrogen) atoms. The molecule has 12 nitrogen and oxygen atoms in total. The Kier molecular flexibility index (Phi) is 11.3. The number of carbonyl (C=O) groups is 6. The number of ether oxygens (including phenoxy) is 3. The molecule has 0 atom stereocenters. The summed E-state index contributed by atoms with van der Waals surface area (Å²) in [5, 5.41) is 29.8. The molecule has 192 valence electrons. The number of hydrogen-bond acceptors (Lipinski definition) is 9. The topological polar surface area (TPSA) is 191 Å². The van der Waals surface area contributed by atoms with E-state index < -0.39 is 91.6 Å². The zero-order valence-electron chi connectivity index (χ0n) is 19.1. The van der Waals surface area contributed by atoms with E-state index in [1.54, 1.807) is 0 Å². The third-order valence-corrected chi connectivity index (χ3v) is 4.74. The van der Waals surface area contributed by atoms with Crippen molar-refractivity contribution in [3.05, 3.63) is 71.3 Å². The molecule has 0 bridgehead atoms. The van der Waals surface area contributed by atoms with E-state index in [4.69, 9.17) is 14.2 Å². The van der Waals surface area contributed by atoms with Crippen LogP contribution in [0.15, 0.2) is 38.0 Å². The second kappa shape index (κ2) is 13.8. The minimum Gasteiger partial charge on any atom is -0.478 e. The number of rotatable bonds is 15. The molecule has 0 amide bonds. The van der Waals surface area contributed by atoms with Gasteiger partial charge in [-0.05, 0) is 16.7 Å². The van der Waals surface area contributed by atoms with Gasteiger partial charge >= 0.3 is 35.8 Å². The third kappa shape index (κ3) is 7.65. The molecule has 0 aromatic heterocycles.